The van der Waals surface area contributed by atoms with Crippen molar-refractivity contribution in [1.82, 2.24) is 24.9 Å². The third-order valence-corrected chi connectivity index (χ3v) is 5.45. The van der Waals surface area contributed by atoms with E-state index in [1.54, 1.807) is 24.2 Å². The van der Waals surface area contributed by atoms with Crippen molar-refractivity contribution in [1.29, 1.82) is 0 Å². The van der Waals surface area contributed by atoms with Gasteiger partial charge >= 0.3 is 0 Å². The maximum absolute atomic E-state index is 6.36. The lowest BCUT2D eigenvalue weighted by Gasteiger charge is -2.13. The Kier molecular flexibility index (Phi) is 4.96. The highest BCUT2D eigenvalue weighted by atomic mass is 35.5. The zero-order valence-electron chi connectivity index (χ0n) is 14.8. The monoisotopic (exact) mass is 397 g/mol. The minimum absolute atomic E-state index is 0.630. The molecular weight excluding hydrogens is 382 g/mol. The van der Waals surface area contributed by atoms with Gasteiger partial charge in [-0.15, -0.1) is 10.2 Å². The molecule has 1 aromatic carbocycles. The van der Waals surface area contributed by atoms with Gasteiger partial charge in [0.15, 0.2) is 11.0 Å². The van der Waals surface area contributed by atoms with E-state index in [0.29, 0.717) is 10.8 Å². The maximum atomic E-state index is 6.36. The van der Waals surface area contributed by atoms with Crippen molar-refractivity contribution in [2.45, 2.75) is 24.8 Å². The second kappa shape index (κ2) is 7.54. The summed E-state index contributed by atoms with van der Waals surface area (Å²) in [7, 11) is 0. The highest BCUT2D eigenvalue weighted by molar-refractivity contribution is 7.98. The normalized spacial score (nSPS) is 11.1. The molecular formula is C19H16ClN5OS. The number of benzene rings is 1. The number of thioether (sulfide) groups is 1. The van der Waals surface area contributed by atoms with Crippen LogP contribution in [-0.2, 0) is 5.75 Å². The predicted molar refractivity (Wildman–Crippen MR) is 105 cm³/mol. The summed E-state index contributed by atoms with van der Waals surface area (Å²) in [4.78, 5) is 4.09. The standard InChI is InChI=1S/C19H16ClN5OS/c1-12-10-15(24-26-12)11-27-19-23-22-18(14-6-8-21-9-7-14)25(19)17-5-3-4-16(20)13(17)2/h3-10H,11H2,1-2H3. The number of pyridine rings is 1. The van der Waals surface area contributed by atoms with Crippen LogP contribution in [0.1, 0.15) is 17.0 Å². The third-order valence-electron chi connectivity index (χ3n) is 4.08. The van der Waals surface area contributed by atoms with Gasteiger partial charge in [-0.1, -0.05) is 34.6 Å². The lowest BCUT2D eigenvalue weighted by molar-refractivity contribution is 0.393. The van der Waals surface area contributed by atoms with Crippen LogP contribution in [0, 0.1) is 13.8 Å². The molecule has 0 aliphatic heterocycles. The van der Waals surface area contributed by atoms with E-state index < -0.39 is 0 Å². The lowest BCUT2D eigenvalue weighted by atomic mass is 10.2. The van der Waals surface area contributed by atoms with Gasteiger partial charge in [-0.3, -0.25) is 9.55 Å². The molecule has 4 rings (SSSR count). The Hall–Kier alpha value is -2.64. The number of halogens is 1. The van der Waals surface area contributed by atoms with Gasteiger partial charge in [-0.2, -0.15) is 0 Å². The van der Waals surface area contributed by atoms with E-state index >= 15 is 0 Å². The van der Waals surface area contributed by atoms with Crippen LogP contribution in [0.25, 0.3) is 17.1 Å². The molecule has 0 bridgehead atoms. The number of nitrogens with zero attached hydrogens (tertiary/aromatic N) is 5. The fourth-order valence-electron chi connectivity index (χ4n) is 2.73. The molecule has 0 saturated carbocycles. The summed E-state index contributed by atoms with van der Waals surface area (Å²) < 4.78 is 7.17. The Morgan fingerprint density at radius 2 is 1.93 bits per heavy atom. The number of hydrogen-bond acceptors (Lipinski definition) is 6. The molecule has 0 spiro atoms. The van der Waals surface area contributed by atoms with E-state index in [2.05, 4.69) is 20.3 Å². The minimum Gasteiger partial charge on any atom is -0.361 e. The number of hydrogen-bond donors (Lipinski definition) is 0. The van der Waals surface area contributed by atoms with Crippen molar-refractivity contribution < 1.29 is 4.52 Å². The van der Waals surface area contributed by atoms with E-state index in [-0.39, 0.29) is 0 Å². The maximum Gasteiger partial charge on any atom is 0.196 e. The van der Waals surface area contributed by atoms with Gasteiger partial charge in [0.2, 0.25) is 0 Å². The smallest absolute Gasteiger partial charge is 0.196 e. The average Bonchev–Trinajstić information content (AvgIpc) is 3.29. The van der Waals surface area contributed by atoms with Gasteiger partial charge in [0.25, 0.3) is 0 Å². The van der Waals surface area contributed by atoms with Crippen molar-refractivity contribution in [3.8, 4) is 17.1 Å². The van der Waals surface area contributed by atoms with Gasteiger partial charge in [-0.05, 0) is 43.7 Å². The Balaban J connectivity index is 1.79. The summed E-state index contributed by atoms with van der Waals surface area (Å²) in [5, 5.41) is 14.3. The first kappa shape index (κ1) is 17.8. The molecule has 6 nitrogen and oxygen atoms in total. The summed E-state index contributed by atoms with van der Waals surface area (Å²) in [6.07, 6.45) is 3.48. The van der Waals surface area contributed by atoms with E-state index in [9.17, 15) is 0 Å². The first-order valence-corrected chi connectivity index (χ1v) is 9.66. The molecule has 0 amide bonds. The zero-order valence-corrected chi connectivity index (χ0v) is 16.3. The van der Waals surface area contributed by atoms with Crippen LogP contribution in [0.2, 0.25) is 5.02 Å². The molecule has 0 radical (unpaired) electrons. The first-order valence-electron chi connectivity index (χ1n) is 8.30. The molecule has 0 aliphatic rings. The first-order chi connectivity index (χ1) is 13.1. The van der Waals surface area contributed by atoms with Crippen LogP contribution >= 0.6 is 23.4 Å². The fraction of sp³-hybridized carbons (Fsp3) is 0.158. The second-order valence-corrected chi connectivity index (χ2v) is 7.33. The fourth-order valence-corrected chi connectivity index (χ4v) is 3.73. The van der Waals surface area contributed by atoms with Crippen molar-refractivity contribution >= 4 is 23.4 Å². The Morgan fingerprint density at radius 3 is 2.67 bits per heavy atom. The zero-order chi connectivity index (χ0) is 18.8. The van der Waals surface area contributed by atoms with Crippen molar-refractivity contribution in [2.24, 2.45) is 0 Å². The van der Waals surface area contributed by atoms with Gasteiger partial charge in [0.05, 0.1) is 11.4 Å². The molecule has 3 aromatic heterocycles. The van der Waals surface area contributed by atoms with Crippen LogP contribution in [0.15, 0.2) is 58.5 Å². The van der Waals surface area contributed by atoms with Crippen LogP contribution in [0.5, 0.6) is 0 Å². The Morgan fingerprint density at radius 1 is 1.11 bits per heavy atom. The summed E-state index contributed by atoms with van der Waals surface area (Å²) in [5.74, 6) is 2.16. The van der Waals surface area contributed by atoms with Crippen LogP contribution in [-0.4, -0.2) is 24.9 Å². The molecule has 0 aliphatic carbocycles. The predicted octanol–water partition coefficient (Wildman–Crippen LogP) is 4.88. The topological polar surface area (TPSA) is 69.6 Å². The molecule has 0 N–H and O–H groups in total. The van der Waals surface area contributed by atoms with E-state index in [1.165, 1.54) is 0 Å². The molecule has 0 fully saturated rings. The summed E-state index contributed by atoms with van der Waals surface area (Å²) >= 11 is 7.91. The quantitative estimate of drug-likeness (QED) is 0.447. The molecule has 4 aromatic rings. The molecule has 0 unspecified atom stereocenters. The van der Waals surface area contributed by atoms with Crippen molar-refractivity contribution in [2.75, 3.05) is 0 Å². The lowest BCUT2D eigenvalue weighted by Crippen LogP contribution is -2.02. The number of aryl methyl sites for hydroxylation is 1. The van der Waals surface area contributed by atoms with Crippen LogP contribution < -0.4 is 0 Å². The molecule has 0 saturated heterocycles. The molecule has 0 atom stereocenters. The highest BCUT2D eigenvalue weighted by Crippen LogP contribution is 2.32. The Bertz CT molecular complexity index is 1080. The molecule has 8 heteroatoms. The number of aromatic nitrogens is 5. The van der Waals surface area contributed by atoms with Gasteiger partial charge in [0, 0.05) is 34.8 Å². The SMILES string of the molecule is Cc1cc(CSc2nnc(-c3ccncc3)n2-c2cccc(Cl)c2C)no1. The van der Waals surface area contributed by atoms with Gasteiger partial charge < -0.3 is 4.52 Å². The minimum atomic E-state index is 0.630. The van der Waals surface area contributed by atoms with E-state index in [4.69, 9.17) is 16.1 Å². The molecule has 136 valence electrons. The van der Waals surface area contributed by atoms with Crippen LogP contribution in [0.4, 0.5) is 0 Å². The van der Waals surface area contributed by atoms with Crippen molar-refractivity contribution in [3.05, 3.63) is 70.8 Å². The van der Waals surface area contributed by atoms with Gasteiger partial charge in [0.1, 0.15) is 5.76 Å². The Labute approximate surface area is 165 Å². The molecule has 3 heterocycles. The third kappa shape index (κ3) is 3.61. The van der Waals surface area contributed by atoms with Crippen LogP contribution in [0.3, 0.4) is 0 Å². The summed E-state index contributed by atoms with van der Waals surface area (Å²) in [6.45, 7) is 3.87. The van der Waals surface area contributed by atoms with E-state index in [1.807, 2.05) is 54.8 Å². The van der Waals surface area contributed by atoms with Crippen molar-refractivity contribution in [3.63, 3.8) is 0 Å². The summed E-state index contributed by atoms with van der Waals surface area (Å²) in [6, 6.07) is 11.6. The average molecular weight is 398 g/mol. The second-order valence-electron chi connectivity index (χ2n) is 5.98. The summed E-state index contributed by atoms with van der Waals surface area (Å²) in [5.41, 5.74) is 3.70. The van der Waals surface area contributed by atoms with Gasteiger partial charge in [-0.25, -0.2) is 0 Å². The molecule has 27 heavy (non-hydrogen) atoms. The van der Waals surface area contributed by atoms with E-state index in [0.717, 1.165) is 39.2 Å². The highest BCUT2D eigenvalue weighted by Gasteiger charge is 2.19. The largest absolute Gasteiger partial charge is 0.361 e. The number of rotatable bonds is 5.